The van der Waals surface area contributed by atoms with E-state index in [0.29, 0.717) is 25.3 Å². The summed E-state index contributed by atoms with van der Waals surface area (Å²) >= 11 is 0. The van der Waals surface area contributed by atoms with Gasteiger partial charge in [0.1, 0.15) is 12.3 Å². The minimum atomic E-state index is -0.165. The third kappa shape index (κ3) is 3.10. The highest BCUT2D eigenvalue weighted by Gasteiger charge is 2.44. The number of likely N-dealkylation sites (tertiary alicyclic amines) is 1. The highest BCUT2D eigenvalue weighted by Crippen LogP contribution is 2.26. The van der Waals surface area contributed by atoms with E-state index in [9.17, 15) is 9.59 Å². The lowest BCUT2D eigenvalue weighted by Gasteiger charge is -2.36. The molecule has 7 nitrogen and oxygen atoms in total. The van der Waals surface area contributed by atoms with Crippen molar-refractivity contribution in [2.75, 3.05) is 19.7 Å². The molecule has 0 radical (unpaired) electrons. The van der Waals surface area contributed by atoms with Crippen LogP contribution in [0, 0.1) is 0 Å². The number of carbonyl (C=O) groups is 2. The molecule has 7 heteroatoms. The molecule has 2 amide bonds. The van der Waals surface area contributed by atoms with Crippen LogP contribution in [0.5, 0.6) is 0 Å². The SMILES string of the molecule is O=C(c1ccccn1)N1CC2OCC(=O)N(Cc3cccnc3)C2C1. The lowest BCUT2D eigenvalue weighted by molar-refractivity contribution is -0.153. The molecule has 0 aromatic carbocycles. The van der Waals surface area contributed by atoms with E-state index in [0.717, 1.165) is 5.56 Å². The smallest absolute Gasteiger partial charge is 0.272 e. The Morgan fingerprint density at radius 2 is 2.12 bits per heavy atom. The highest BCUT2D eigenvalue weighted by atomic mass is 16.5. The van der Waals surface area contributed by atoms with Gasteiger partial charge < -0.3 is 14.5 Å². The van der Waals surface area contributed by atoms with Crippen LogP contribution in [-0.2, 0) is 16.1 Å². The molecule has 0 spiro atoms. The van der Waals surface area contributed by atoms with Crippen molar-refractivity contribution < 1.29 is 14.3 Å². The molecule has 2 aromatic rings. The third-order valence-electron chi connectivity index (χ3n) is 4.63. The number of hydrogen-bond acceptors (Lipinski definition) is 5. The summed E-state index contributed by atoms with van der Waals surface area (Å²) in [7, 11) is 0. The van der Waals surface area contributed by atoms with Gasteiger partial charge in [-0.3, -0.25) is 19.6 Å². The Balaban J connectivity index is 1.52. The van der Waals surface area contributed by atoms with E-state index in [4.69, 9.17) is 4.74 Å². The third-order valence-corrected chi connectivity index (χ3v) is 4.63. The number of aromatic nitrogens is 2. The molecule has 2 atom stereocenters. The average Bonchev–Trinajstić information content (AvgIpc) is 3.10. The van der Waals surface area contributed by atoms with Crippen molar-refractivity contribution in [3.63, 3.8) is 0 Å². The number of pyridine rings is 2. The van der Waals surface area contributed by atoms with Gasteiger partial charge in [-0.1, -0.05) is 12.1 Å². The molecule has 25 heavy (non-hydrogen) atoms. The Morgan fingerprint density at radius 1 is 1.20 bits per heavy atom. The maximum atomic E-state index is 12.6. The van der Waals surface area contributed by atoms with Gasteiger partial charge in [-0.25, -0.2) is 0 Å². The molecular formula is C18H18N4O3. The second kappa shape index (κ2) is 6.60. The van der Waals surface area contributed by atoms with Crippen molar-refractivity contribution in [3.8, 4) is 0 Å². The Kier molecular flexibility index (Phi) is 4.15. The van der Waals surface area contributed by atoms with Crippen molar-refractivity contribution in [2.45, 2.75) is 18.7 Å². The van der Waals surface area contributed by atoms with Crippen LogP contribution in [0.15, 0.2) is 48.9 Å². The van der Waals surface area contributed by atoms with Crippen molar-refractivity contribution in [3.05, 3.63) is 60.2 Å². The monoisotopic (exact) mass is 338 g/mol. The topological polar surface area (TPSA) is 75.6 Å². The van der Waals surface area contributed by atoms with Gasteiger partial charge in [0, 0.05) is 38.2 Å². The maximum Gasteiger partial charge on any atom is 0.272 e. The zero-order valence-corrected chi connectivity index (χ0v) is 13.6. The van der Waals surface area contributed by atoms with E-state index < -0.39 is 0 Å². The van der Waals surface area contributed by atoms with Crippen LogP contribution in [0.25, 0.3) is 0 Å². The first-order valence-corrected chi connectivity index (χ1v) is 8.22. The average molecular weight is 338 g/mol. The minimum Gasteiger partial charge on any atom is -0.364 e. The van der Waals surface area contributed by atoms with E-state index in [-0.39, 0.29) is 30.6 Å². The summed E-state index contributed by atoms with van der Waals surface area (Å²) < 4.78 is 5.68. The molecule has 2 saturated heterocycles. The molecule has 2 unspecified atom stereocenters. The molecule has 4 rings (SSSR count). The first-order valence-electron chi connectivity index (χ1n) is 8.22. The van der Waals surface area contributed by atoms with E-state index in [1.54, 1.807) is 46.6 Å². The van der Waals surface area contributed by atoms with Crippen LogP contribution in [0.3, 0.4) is 0 Å². The van der Waals surface area contributed by atoms with Crippen molar-refractivity contribution in [1.29, 1.82) is 0 Å². The van der Waals surface area contributed by atoms with Crippen LogP contribution >= 0.6 is 0 Å². The molecule has 128 valence electrons. The van der Waals surface area contributed by atoms with E-state index >= 15 is 0 Å². The molecule has 0 saturated carbocycles. The lowest BCUT2D eigenvalue weighted by atomic mass is 10.1. The summed E-state index contributed by atoms with van der Waals surface area (Å²) in [5, 5.41) is 0. The number of ether oxygens (including phenoxy) is 1. The number of nitrogens with zero attached hydrogens (tertiary/aromatic N) is 4. The normalized spacial score (nSPS) is 22.8. The van der Waals surface area contributed by atoms with Gasteiger partial charge >= 0.3 is 0 Å². The van der Waals surface area contributed by atoms with Crippen molar-refractivity contribution >= 4 is 11.8 Å². The van der Waals surface area contributed by atoms with Crippen LogP contribution in [0.2, 0.25) is 0 Å². The zero-order chi connectivity index (χ0) is 17.2. The molecule has 0 aliphatic carbocycles. The molecule has 0 N–H and O–H groups in total. The van der Waals surface area contributed by atoms with Gasteiger partial charge in [-0.15, -0.1) is 0 Å². The fourth-order valence-corrected chi connectivity index (χ4v) is 3.38. The molecule has 0 bridgehead atoms. The Morgan fingerprint density at radius 3 is 2.88 bits per heavy atom. The highest BCUT2D eigenvalue weighted by molar-refractivity contribution is 5.92. The molecular weight excluding hydrogens is 320 g/mol. The predicted molar refractivity (Wildman–Crippen MR) is 88.5 cm³/mol. The number of hydrogen-bond donors (Lipinski definition) is 0. The lowest BCUT2D eigenvalue weighted by Crippen LogP contribution is -2.53. The zero-order valence-electron chi connectivity index (χ0n) is 13.6. The Hall–Kier alpha value is -2.80. The van der Waals surface area contributed by atoms with E-state index in [1.165, 1.54) is 0 Å². The summed E-state index contributed by atoms with van der Waals surface area (Å²) in [6.45, 7) is 1.44. The van der Waals surface area contributed by atoms with Crippen LogP contribution in [0.4, 0.5) is 0 Å². The minimum absolute atomic E-state index is 0.0487. The summed E-state index contributed by atoms with van der Waals surface area (Å²) in [4.78, 5) is 36.7. The summed E-state index contributed by atoms with van der Waals surface area (Å²) in [5.74, 6) is -0.190. The van der Waals surface area contributed by atoms with Crippen LogP contribution < -0.4 is 0 Å². The number of amides is 2. The molecule has 2 aliphatic rings. The molecule has 2 aliphatic heterocycles. The maximum absolute atomic E-state index is 12.6. The van der Waals surface area contributed by atoms with Crippen LogP contribution in [-0.4, -0.2) is 63.4 Å². The fourth-order valence-electron chi connectivity index (χ4n) is 3.38. The first-order chi connectivity index (χ1) is 12.2. The van der Waals surface area contributed by atoms with Gasteiger partial charge in [-0.2, -0.15) is 0 Å². The summed E-state index contributed by atoms with van der Waals surface area (Å²) in [6.07, 6.45) is 4.90. The fraction of sp³-hybridized carbons (Fsp3) is 0.333. The summed E-state index contributed by atoms with van der Waals surface area (Å²) in [6, 6.07) is 8.91. The van der Waals surface area contributed by atoms with E-state index in [2.05, 4.69) is 9.97 Å². The van der Waals surface area contributed by atoms with Crippen molar-refractivity contribution in [1.82, 2.24) is 19.8 Å². The van der Waals surface area contributed by atoms with Gasteiger partial charge in [0.25, 0.3) is 5.91 Å². The second-order valence-electron chi connectivity index (χ2n) is 6.22. The number of fused-ring (bicyclic) bond motifs is 1. The van der Waals surface area contributed by atoms with Crippen molar-refractivity contribution in [2.24, 2.45) is 0 Å². The van der Waals surface area contributed by atoms with E-state index in [1.807, 2.05) is 12.1 Å². The number of morpholine rings is 1. The van der Waals surface area contributed by atoms with Gasteiger partial charge in [0.15, 0.2) is 0 Å². The quantitative estimate of drug-likeness (QED) is 0.825. The predicted octanol–water partition coefficient (Wildman–Crippen LogP) is 0.729. The molecule has 4 heterocycles. The Bertz CT molecular complexity index is 768. The standard InChI is InChI=1S/C18H18N4O3/c23-17-12-25-16-11-21(18(24)14-5-1-2-7-20-14)10-15(16)22(17)9-13-4-3-6-19-8-13/h1-8,15-16H,9-12H2. The van der Waals surface area contributed by atoms with Crippen LogP contribution in [0.1, 0.15) is 16.1 Å². The first kappa shape index (κ1) is 15.7. The largest absolute Gasteiger partial charge is 0.364 e. The van der Waals surface area contributed by atoms with Gasteiger partial charge in [-0.05, 0) is 23.8 Å². The Labute approximate surface area is 145 Å². The van der Waals surface area contributed by atoms with Gasteiger partial charge in [0.05, 0.1) is 12.1 Å². The van der Waals surface area contributed by atoms with Gasteiger partial charge in [0.2, 0.25) is 5.91 Å². The number of carbonyl (C=O) groups excluding carboxylic acids is 2. The summed E-state index contributed by atoms with van der Waals surface area (Å²) in [5.41, 5.74) is 1.37. The molecule has 2 fully saturated rings. The number of rotatable bonds is 3. The second-order valence-corrected chi connectivity index (χ2v) is 6.22. The molecule has 2 aromatic heterocycles.